The van der Waals surface area contributed by atoms with E-state index in [1.807, 2.05) is 51.8 Å². The lowest BCUT2D eigenvalue weighted by atomic mass is 9.85. The molecule has 4 aliphatic rings. The molecule has 14 heteroatoms. The maximum absolute atomic E-state index is 14.0. The Morgan fingerprint density at radius 1 is 0.857 bits per heavy atom. The first kappa shape index (κ1) is 43.2. The topological polar surface area (TPSA) is 182 Å². The van der Waals surface area contributed by atoms with E-state index in [-0.39, 0.29) is 41.7 Å². The van der Waals surface area contributed by atoms with Gasteiger partial charge in [-0.25, -0.2) is 14.6 Å². The summed E-state index contributed by atoms with van der Waals surface area (Å²) in [6.07, 6.45) is 6.61. The minimum atomic E-state index is -0.860. The molecule has 1 aromatic heterocycles. The lowest BCUT2D eigenvalue weighted by molar-refractivity contribution is -0.137. The number of aromatic amines is 1. The van der Waals surface area contributed by atoms with E-state index in [4.69, 9.17) is 19.5 Å². The highest BCUT2D eigenvalue weighted by Gasteiger charge is 2.55. The van der Waals surface area contributed by atoms with E-state index in [2.05, 4.69) is 76.3 Å². The van der Waals surface area contributed by atoms with Crippen LogP contribution in [-0.2, 0) is 19.1 Å². The molecular weight excluding hydrogens is 797 g/mol. The molecule has 2 saturated heterocycles. The van der Waals surface area contributed by atoms with E-state index < -0.39 is 35.7 Å². The van der Waals surface area contributed by atoms with Crippen molar-refractivity contribution < 1.29 is 28.7 Å². The van der Waals surface area contributed by atoms with Gasteiger partial charge in [0.05, 0.1) is 50.2 Å². The number of aromatic nitrogens is 2. The number of nitrogens with one attached hydrogen (secondary N) is 3. The minimum absolute atomic E-state index is 0.0780. The predicted molar refractivity (Wildman–Crippen MR) is 240 cm³/mol. The van der Waals surface area contributed by atoms with Crippen molar-refractivity contribution in [3.8, 4) is 28.5 Å². The fourth-order valence-corrected chi connectivity index (χ4v) is 9.38. The molecule has 1 aliphatic carbocycles. The highest BCUT2D eigenvalue weighted by molar-refractivity contribution is 6.04. The molecule has 0 bridgehead atoms. The van der Waals surface area contributed by atoms with Gasteiger partial charge in [-0.1, -0.05) is 83.1 Å². The van der Waals surface area contributed by atoms with Crippen molar-refractivity contribution in [1.29, 1.82) is 5.26 Å². The molecule has 4 heterocycles. The number of hydrogen-bond donors (Lipinski definition) is 3. The summed E-state index contributed by atoms with van der Waals surface area (Å²) < 4.78 is 9.64. The lowest BCUT2D eigenvalue weighted by Gasteiger charge is -2.34. The number of methoxy groups -OCH3 is 2. The highest BCUT2D eigenvalue weighted by Crippen LogP contribution is 2.55. The smallest absolute Gasteiger partial charge is 0.407 e. The van der Waals surface area contributed by atoms with E-state index in [9.17, 15) is 24.4 Å². The standard InChI is InChI=1S/C49H56N8O6/c1-28(2)41(54-46(60)62-6)44(58)57-27-49(16-17-49)22-40(57)37-21-36(24-51-37)31-10-8-30(9-11-31)32-12-13-34-20-35(15-14-33(34)19-32)38-25-52-43(53-38)39-18-29(23-50)26-56(39)45(59)42(48(3,4)5)55-47(61)63-7/h8-15,19-20,24-25,28-29,39-42H,16-18,21-22,26-27H2,1-7H3,(H,52,53)(H,54,60)(H,55,61)/t29-,39+,40+,41+,42-/m1/s1. The molecule has 328 valence electrons. The molecule has 63 heavy (non-hydrogen) atoms. The minimum Gasteiger partial charge on any atom is -0.453 e. The van der Waals surface area contributed by atoms with Crippen molar-refractivity contribution in [1.82, 2.24) is 30.4 Å². The predicted octanol–water partition coefficient (Wildman–Crippen LogP) is 8.03. The van der Waals surface area contributed by atoms with Gasteiger partial charge in [0.25, 0.3) is 0 Å². The van der Waals surface area contributed by atoms with Crippen LogP contribution in [0.1, 0.15) is 84.2 Å². The summed E-state index contributed by atoms with van der Waals surface area (Å²) in [6, 6.07) is 21.4. The number of carbonyl (C=O) groups is 4. The Morgan fingerprint density at radius 2 is 1.49 bits per heavy atom. The van der Waals surface area contributed by atoms with Gasteiger partial charge in [0.1, 0.15) is 17.9 Å². The molecule has 3 fully saturated rings. The first-order valence-electron chi connectivity index (χ1n) is 21.8. The summed E-state index contributed by atoms with van der Waals surface area (Å²) in [5, 5.41) is 17.4. The van der Waals surface area contributed by atoms with Crippen LogP contribution < -0.4 is 10.6 Å². The number of allylic oxidation sites excluding steroid dienone is 1. The maximum atomic E-state index is 14.0. The number of H-pyrrole nitrogens is 1. The Hall–Kier alpha value is -6.49. The molecule has 14 nitrogen and oxygen atoms in total. The number of nitriles is 1. The van der Waals surface area contributed by atoms with Gasteiger partial charge < -0.3 is 34.9 Å². The van der Waals surface area contributed by atoms with Crippen molar-refractivity contribution in [3.63, 3.8) is 0 Å². The van der Waals surface area contributed by atoms with Crippen molar-refractivity contribution in [2.45, 2.75) is 90.9 Å². The summed E-state index contributed by atoms with van der Waals surface area (Å²) >= 11 is 0. The lowest BCUT2D eigenvalue weighted by Crippen LogP contribution is -2.54. The maximum Gasteiger partial charge on any atom is 0.407 e. The second kappa shape index (κ2) is 17.0. The van der Waals surface area contributed by atoms with E-state index in [0.717, 1.165) is 69.3 Å². The molecule has 0 radical (unpaired) electrons. The average Bonchev–Trinajstić information content (AvgIpc) is 3.78. The normalized spacial score (nSPS) is 21.2. The molecule has 5 atom stereocenters. The Kier molecular flexibility index (Phi) is 11.6. The van der Waals surface area contributed by atoms with Crippen molar-refractivity contribution >= 4 is 46.1 Å². The van der Waals surface area contributed by atoms with Crippen LogP contribution in [0.5, 0.6) is 0 Å². The van der Waals surface area contributed by atoms with Crippen LogP contribution in [0.25, 0.3) is 38.7 Å². The van der Waals surface area contributed by atoms with Crippen LogP contribution >= 0.6 is 0 Å². The Labute approximate surface area is 368 Å². The highest BCUT2D eigenvalue weighted by atomic mass is 16.5. The number of nitrogens with zero attached hydrogens (tertiary/aromatic N) is 5. The van der Waals surface area contributed by atoms with E-state index in [1.54, 1.807) is 11.1 Å². The molecule has 0 unspecified atom stereocenters. The fraction of sp³-hybridized carbons (Fsp3) is 0.449. The molecule has 3 aliphatic heterocycles. The van der Waals surface area contributed by atoms with Crippen LogP contribution in [0.2, 0.25) is 0 Å². The van der Waals surface area contributed by atoms with E-state index in [1.165, 1.54) is 14.2 Å². The second-order valence-corrected chi connectivity index (χ2v) is 19.0. The molecule has 8 rings (SSSR count). The molecular formula is C49H56N8O6. The number of hydrogen-bond acceptors (Lipinski definition) is 9. The number of ether oxygens (including phenoxy) is 2. The molecule has 3 aromatic carbocycles. The summed E-state index contributed by atoms with van der Waals surface area (Å²) in [7, 11) is 2.57. The third-order valence-electron chi connectivity index (χ3n) is 13.3. The number of aliphatic imine (C=N–C) groups is 1. The van der Waals surface area contributed by atoms with E-state index in [0.29, 0.717) is 25.2 Å². The Balaban J connectivity index is 0.938. The van der Waals surface area contributed by atoms with Crippen molar-refractivity contribution in [2.75, 3.05) is 27.3 Å². The van der Waals surface area contributed by atoms with Crippen LogP contribution in [0.3, 0.4) is 0 Å². The van der Waals surface area contributed by atoms with Crippen molar-refractivity contribution in [3.05, 3.63) is 84.4 Å². The second-order valence-electron chi connectivity index (χ2n) is 19.0. The zero-order chi connectivity index (χ0) is 44.8. The monoisotopic (exact) mass is 852 g/mol. The number of benzene rings is 3. The van der Waals surface area contributed by atoms with Gasteiger partial charge >= 0.3 is 12.2 Å². The van der Waals surface area contributed by atoms with Crippen molar-refractivity contribution in [2.24, 2.45) is 27.7 Å². The third kappa shape index (κ3) is 8.78. The number of likely N-dealkylation sites (tertiary alicyclic amines) is 2. The number of fused-ring (bicyclic) bond motifs is 1. The van der Waals surface area contributed by atoms with Crippen LogP contribution in [0.15, 0.2) is 78.1 Å². The van der Waals surface area contributed by atoms with Gasteiger partial charge in [-0.2, -0.15) is 5.26 Å². The number of carbonyl (C=O) groups excluding carboxylic acids is 4. The Bertz CT molecular complexity index is 2540. The third-order valence-corrected chi connectivity index (χ3v) is 13.3. The molecule has 1 spiro atoms. The van der Waals surface area contributed by atoms with E-state index >= 15 is 0 Å². The molecule has 3 N–H and O–H groups in total. The van der Waals surface area contributed by atoms with Gasteiger partial charge in [0, 0.05) is 37.0 Å². The number of alkyl carbamates (subject to hydrolysis) is 2. The number of rotatable bonds is 10. The van der Waals surface area contributed by atoms with Crippen LogP contribution in [-0.4, -0.2) is 94.9 Å². The van der Waals surface area contributed by atoms with Gasteiger partial charge in [0.2, 0.25) is 11.8 Å². The SMILES string of the molecule is COC(=O)N[C@H](C(=O)N1CC2(CC2)C[C@H]1C1=NC=C(c2ccc(-c3ccc4cc(-c5cnc([C@@H]6C[C@H](C#N)CN6C(=O)[C@@H](NC(=O)OC)C(C)(C)C)[nH]5)ccc4c3)cc2)C1)C(C)C. The molecule has 4 aromatic rings. The van der Waals surface area contributed by atoms with Crippen LogP contribution in [0, 0.1) is 34.0 Å². The summed E-state index contributed by atoms with van der Waals surface area (Å²) in [6.45, 7) is 10.4. The largest absolute Gasteiger partial charge is 0.453 e. The first-order valence-corrected chi connectivity index (χ1v) is 21.8. The summed E-state index contributed by atoms with van der Waals surface area (Å²) in [5.74, 6) is -0.244. The first-order chi connectivity index (χ1) is 30.1. The Morgan fingerprint density at radius 3 is 2.13 bits per heavy atom. The summed E-state index contributed by atoms with van der Waals surface area (Å²) in [4.78, 5) is 68.8. The molecule has 1 saturated carbocycles. The van der Waals surface area contributed by atoms with Gasteiger partial charge in [-0.3, -0.25) is 14.6 Å². The van der Waals surface area contributed by atoms with Crippen LogP contribution in [0.4, 0.5) is 9.59 Å². The fourth-order valence-electron chi connectivity index (χ4n) is 9.38. The zero-order valence-electron chi connectivity index (χ0n) is 37.0. The average molecular weight is 853 g/mol. The number of amides is 4. The summed E-state index contributed by atoms with van der Waals surface area (Å²) in [5.41, 5.74) is 6.65. The van der Waals surface area contributed by atoms with Gasteiger partial charge in [-0.05, 0) is 87.6 Å². The zero-order valence-corrected chi connectivity index (χ0v) is 37.0. The van der Waals surface area contributed by atoms with Gasteiger partial charge in [0.15, 0.2) is 0 Å². The quantitative estimate of drug-likeness (QED) is 0.143. The van der Waals surface area contributed by atoms with Gasteiger partial charge in [-0.15, -0.1) is 0 Å². The number of imidazole rings is 1. The molecule has 4 amide bonds.